The number of anilines is 2. The Morgan fingerprint density at radius 2 is 1.79 bits per heavy atom. The lowest BCUT2D eigenvalue weighted by Crippen LogP contribution is -2.52. The summed E-state index contributed by atoms with van der Waals surface area (Å²) in [5.74, 6) is -1.01. The molecule has 29 heavy (non-hydrogen) atoms. The summed E-state index contributed by atoms with van der Waals surface area (Å²) in [7, 11) is 0. The van der Waals surface area contributed by atoms with Crippen LogP contribution in [0.4, 0.5) is 15.2 Å². The second-order valence-electron chi connectivity index (χ2n) is 7.25. The molecule has 2 aliphatic heterocycles. The van der Waals surface area contributed by atoms with Gasteiger partial charge in [0, 0.05) is 26.2 Å². The van der Waals surface area contributed by atoms with Crippen LogP contribution in [-0.2, 0) is 9.59 Å². The van der Waals surface area contributed by atoms with Crippen molar-refractivity contribution >= 4 is 44.2 Å². The predicted molar refractivity (Wildman–Crippen MR) is 111 cm³/mol. The number of carbonyl (C=O) groups excluding carboxylic acids is 2. The maximum absolute atomic E-state index is 13.5. The highest BCUT2D eigenvalue weighted by atomic mass is 32.1. The van der Waals surface area contributed by atoms with E-state index in [4.69, 9.17) is 4.98 Å². The number of para-hydroxylation sites is 1. The van der Waals surface area contributed by atoms with Gasteiger partial charge < -0.3 is 4.90 Å². The molecule has 8 heteroatoms. The van der Waals surface area contributed by atoms with E-state index < -0.39 is 11.9 Å². The van der Waals surface area contributed by atoms with E-state index in [9.17, 15) is 14.0 Å². The number of thiazole rings is 1. The van der Waals surface area contributed by atoms with Crippen molar-refractivity contribution in [2.75, 3.05) is 36.0 Å². The quantitative estimate of drug-likeness (QED) is 0.622. The molecule has 5 rings (SSSR count). The minimum Gasteiger partial charge on any atom is -0.345 e. The molecule has 0 radical (unpaired) electrons. The number of amides is 2. The number of piperazine rings is 1. The van der Waals surface area contributed by atoms with Gasteiger partial charge in [0.15, 0.2) is 5.13 Å². The van der Waals surface area contributed by atoms with Crippen molar-refractivity contribution in [2.45, 2.75) is 12.5 Å². The fraction of sp³-hybridized carbons (Fsp3) is 0.286. The van der Waals surface area contributed by atoms with E-state index in [0.717, 1.165) is 33.3 Å². The Balaban J connectivity index is 1.28. The summed E-state index contributed by atoms with van der Waals surface area (Å²) < 4.78 is 14.7. The lowest BCUT2D eigenvalue weighted by molar-refractivity contribution is -0.123. The SMILES string of the molecule is O=C1C[C@H](N2CCN(c3nc4ccccc4s3)CC2)C(=O)N1c1cccc(F)c1. The van der Waals surface area contributed by atoms with Crippen molar-refractivity contribution in [1.82, 2.24) is 9.88 Å². The van der Waals surface area contributed by atoms with Crippen LogP contribution in [0.1, 0.15) is 6.42 Å². The topological polar surface area (TPSA) is 56.8 Å². The minimum atomic E-state index is -0.483. The molecule has 6 nitrogen and oxygen atoms in total. The average molecular weight is 410 g/mol. The molecule has 2 aromatic carbocycles. The number of imide groups is 1. The molecule has 148 valence electrons. The van der Waals surface area contributed by atoms with Gasteiger partial charge in [-0.25, -0.2) is 14.3 Å². The molecule has 0 unspecified atom stereocenters. The fourth-order valence-electron chi connectivity index (χ4n) is 4.01. The van der Waals surface area contributed by atoms with Crippen molar-refractivity contribution in [1.29, 1.82) is 0 Å². The minimum absolute atomic E-state index is 0.135. The zero-order valence-electron chi connectivity index (χ0n) is 15.6. The van der Waals surface area contributed by atoms with Crippen molar-refractivity contribution < 1.29 is 14.0 Å². The van der Waals surface area contributed by atoms with E-state index in [2.05, 4.69) is 15.9 Å². The van der Waals surface area contributed by atoms with Crippen LogP contribution in [0.15, 0.2) is 48.5 Å². The van der Waals surface area contributed by atoms with E-state index in [1.165, 1.54) is 18.2 Å². The maximum Gasteiger partial charge on any atom is 0.251 e. The van der Waals surface area contributed by atoms with Crippen LogP contribution in [0, 0.1) is 5.82 Å². The zero-order valence-corrected chi connectivity index (χ0v) is 16.4. The van der Waals surface area contributed by atoms with Gasteiger partial charge in [0.05, 0.1) is 28.4 Å². The molecule has 2 fully saturated rings. The van der Waals surface area contributed by atoms with Crippen LogP contribution in [0.2, 0.25) is 0 Å². The van der Waals surface area contributed by atoms with Gasteiger partial charge in [0.2, 0.25) is 5.91 Å². The summed E-state index contributed by atoms with van der Waals surface area (Å²) in [6.07, 6.45) is 0.135. The van der Waals surface area contributed by atoms with Crippen LogP contribution in [0.5, 0.6) is 0 Å². The Morgan fingerprint density at radius 1 is 1.00 bits per heavy atom. The van der Waals surface area contributed by atoms with Gasteiger partial charge in [-0.05, 0) is 30.3 Å². The molecule has 2 saturated heterocycles. The van der Waals surface area contributed by atoms with E-state index in [-0.39, 0.29) is 18.2 Å². The van der Waals surface area contributed by atoms with E-state index in [1.807, 2.05) is 18.2 Å². The van der Waals surface area contributed by atoms with E-state index in [0.29, 0.717) is 18.8 Å². The first-order chi connectivity index (χ1) is 14.1. The van der Waals surface area contributed by atoms with Gasteiger partial charge in [0.25, 0.3) is 5.91 Å². The number of aromatic nitrogens is 1. The van der Waals surface area contributed by atoms with Crippen LogP contribution in [0.25, 0.3) is 10.2 Å². The van der Waals surface area contributed by atoms with Crippen LogP contribution >= 0.6 is 11.3 Å². The summed E-state index contributed by atoms with van der Waals surface area (Å²) in [5, 5.41) is 0.987. The molecule has 1 atom stereocenters. The van der Waals surface area contributed by atoms with Gasteiger partial charge >= 0.3 is 0 Å². The van der Waals surface area contributed by atoms with Crippen molar-refractivity contribution in [3.63, 3.8) is 0 Å². The highest BCUT2D eigenvalue weighted by Crippen LogP contribution is 2.31. The Morgan fingerprint density at radius 3 is 2.55 bits per heavy atom. The predicted octanol–water partition coefficient (Wildman–Crippen LogP) is 2.89. The third-order valence-electron chi connectivity index (χ3n) is 5.50. The number of hydrogen-bond acceptors (Lipinski definition) is 6. The first-order valence-corrected chi connectivity index (χ1v) is 10.4. The zero-order chi connectivity index (χ0) is 20.0. The molecule has 0 aliphatic carbocycles. The van der Waals surface area contributed by atoms with Crippen molar-refractivity contribution in [2.24, 2.45) is 0 Å². The summed E-state index contributed by atoms with van der Waals surface area (Å²) in [6, 6.07) is 13.2. The van der Waals surface area contributed by atoms with Gasteiger partial charge in [0.1, 0.15) is 5.82 Å². The molecular formula is C21H19FN4O2S. The molecule has 2 aliphatic rings. The number of carbonyl (C=O) groups is 2. The second-order valence-corrected chi connectivity index (χ2v) is 8.26. The van der Waals surface area contributed by atoms with Crippen LogP contribution in [0.3, 0.4) is 0 Å². The van der Waals surface area contributed by atoms with Gasteiger partial charge in [-0.15, -0.1) is 0 Å². The number of halogens is 1. The number of nitrogens with zero attached hydrogens (tertiary/aromatic N) is 4. The molecule has 0 bridgehead atoms. The molecule has 3 heterocycles. The van der Waals surface area contributed by atoms with Crippen molar-refractivity contribution in [3.05, 3.63) is 54.3 Å². The maximum atomic E-state index is 13.5. The Labute approximate surface area is 171 Å². The number of rotatable bonds is 3. The second kappa shape index (κ2) is 7.20. The Kier molecular flexibility index (Phi) is 4.52. The Bertz CT molecular complexity index is 1060. The van der Waals surface area contributed by atoms with E-state index >= 15 is 0 Å². The smallest absolute Gasteiger partial charge is 0.251 e. The van der Waals surface area contributed by atoms with E-state index in [1.54, 1.807) is 17.4 Å². The summed E-state index contributed by atoms with van der Waals surface area (Å²) in [4.78, 5) is 35.5. The van der Waals surface area contributed by atoms with Crippen molar-refractivity contribution in [3.8, 4) is 0 Å². The normalized spacial score (nSPS) is 20.8. The standard InChI is InChI=1S/C21H19FN4O2S/c22-14-4-3-5-15(12-14)26-19(27)13-17(20(26)28)24-8-10-25(11-9-24)21-23-16-6-1-2-7-18(16)29-21/h1-7,12,17H,8-11,13H2/t17-/m0/s1. The first kappa shape index (κ1) is 18.2. The highest BCUT2D eigenvalue weighted by molar-refractivity contribution is 7.22. The average Bonchev–Trinajstić information content (AvgIpc) is 3.29. The molecule has 0 N–H and O–H groups in total. The van der Waals surface area contributed by atoms with Gasteiger partial charge in [-0.2, -0.15) is 0 Å². The lowest BCUT2D eigenvalue weighted by atomic mass is 10.2. The first-order valence-electron chi connectivity index (χ1n) is 9.57. The number of fused-ring (bicyclic) bond motifs is 1. The number of benzene rings is 2. The van der Waals surface area contributed by atoms with Gasteiger partial charge in [-0.1, -0.05) is 29.5 Å². The lowest BCUT2D eigenvalue weighted by Gasteiger charge is -2.36. The summed E-state index contributed by atoms with van der Waals surface area (Å²) in [5.41, 5.74) is 1.30. The molecule has 0 spiro atoms. The monoisotopic (exact) mass is 410 g/mol. The Hall–Kier alpha value is -2.84. The summed E-state index contributed by atoms with van der Waals surface area (Å²) in [6.45, 7) is 2.85. The highest BCUT2D eigenvalue weighted by Gasteiger charge is 2.43. The molecule has 1 aromatic heterocycles. The fourth-order valence-corrected chi connectivity index (χ4v) is 5.03. The number of hydrogen-bond donors (Lipinski definition) is 0. The summed E-state index contributed by atoms with van der Waals surface area (Å²) >= 11 is 1.67. The molecule has 3 aromatic rings. The van der Waals surface area contributed by atoms with Gasteiger partial charge in [-0.3, -0.25) is 14.5 Å². The third-order valence-corrected chi connectivity index (χ3v) is 6.59. The molecule has 2 amide bonds. The largest absolute Gasteiger partial charge is 0.345 e. The molecule has 0 saturated carbocycles. The molecular weight excluding hydrogens is 391 g/mol. The third kappa shape index (κ3) is 3.28. The van der Waals surface area contributed by atoms with Crippen LogP contribution in [-0.4, -0.2) is 53.9 Å². The van der Waals surface area contributed by atoms with Crippen LogP contribution < -0.4 is 9.80 Å².